The molecular formula is C30H33NO5. The fourth-order valence-electron chi connectivity index (χ4n) is 3.78. The lowest BCUT2D eigenvalue weighted by molar-refractivity contribution is -0.132. The third-order valence-corrected chi connectivity index (χ3v) is 5.80. The number of methoxy groups -OCH3 is 1. The van der Waals surface area contributed by atoms with E-state index >= 15 is 0 Å². The standard InChI is InChI=1S/C30H33NO5/c1-5-6-15-36-28-18-22(16-21(2)30(33)34)13-14-27(28)24-10-7-9-23(17-24)20-31(3)29(32)25-11-8-12-26(19-25)35-4/h7-14,16-19H,5-6,15,20H2,1-4H3,(H,33,34)/b21-16+. The summed E-state index contributed by atoms with van der Waals surface area (Å²) in [5.74, 6) is 0.303. The van der Waals surface area contributed by atoms with E-state index in [9.17, 15) is 14.7 Å². The van der Waals surface area contributed by atoms with Crippen LogP contribution >= 0.6 is 0 Å². The van der Waals surface area contributed by atoms with E-state index in [1.807, 2.05) is 42.5 Å². The van der Waals surface area contributed by atoms with Gasteiger partial charge in [-0.15, -0.1) is 0 Å². The first-order chi connectivity index (χ1) is 17.3. The van der Waals surface area contributed by atoms with Crippen molar-refractivity contribution in [2.45, 2.75) is 33.2 Å². The Morgan fingerprint density at radius 1 is 1.03 bits per heavy atom. The average Bonchev–Trinajstić information content (AvgIpc) is 2.88. The number of ether oxygens (including phenoxy) is 2. The third-order valence-electron chi connectivity index (χ3n) is 5.80. The summed E-state index contributed by atoms with van der Waals surface area (Å²) in [4.78, 5) is 25.9. The van der Waals surface area contributed by atoms with Gasteiger partial charge in [-0.3, -0.25) is 4.79 Å². The van der Waals surface area contributed by atoms with Crippen molar-refractivity contribution in [3.63, 3.8) is 0 Å². The minimum atomic E-state index is -0.951. The summed E-state index contributed by atoms with van der Waals surface area (Å²) in [6.45, 7) is 4.69. The Morgan fingerprint density at radius 2 is 1.81 bits per heavy atom. The lowest BCUT2D eigenvalue weighted by Crippen LogP contribution is -2.26. The molecule has 0 aliphatic carbocycles. The molecule has 1 N–H and O–H groups in total. The summed E-state index contributed by atoms with van der Waals surface area (Å²) in [7, 11) is 3.36. The number of carbonyl (C=O) groups is 2. The van der Waals surface area contributed by atoms with Crippen molar-refractivity contribution in [2.24, 2.45) is 0 Å². The van der Waals surface area contributed by atoms with E-state index in [1.54, 1.807) is 50.3 Å². The Labute approximate surface area is 212 Å². The fraction of sp³-hybridized carbons (Fsp3) is 0.267. The van der Waals surface area contributed by atoms with Gasteiger partial charge in [0, 0.05) is 30.3 Å². The van der Waals surface area contributed by atoms with Crippen LogP contribution in [-0.4, -0.2) is 42.6 Å². The Morgan fingerprint density at radius 3 is 2.53 bits per heavy atom. The van der Waals surface area contributed by atoms with Crippen LogP contribution in [-0.2, 0) is 11.3 Å². The quantitative estimate of drug-likeness (QED) is 0.254. The Hall–Kier alpha value is -4.06. The minimum Gasteiger partial charge on any atom is -0.497 e. The molecule has 0 bridgehead atoms. The van der Waals surface area contributed by atoms with E-state index < -0.39 is 5.97 Å². The molecular weight excluding hydrogens is 454 g/mol. The number of aliphatic carboxylic acids is 1. The second kappa shape index (κ2) is 12.6. The maximum atomic E-state index is 12.9. The molecule has 36 heavy (non-hydrogen) atoms. The third kappa shape index (κ3) is 6.98. The fourth-order valence-corrected chi connectivity index (χ4v) is 3.78. The molecule has 0 aliphatic heterocycles. The number of carboxylic acid groups (broad SMARTS) is 1. The lowest BCUT2D eigenvalue weighted by Gasteiger charge is -2.19. The predicted octanol–water partition coefficient (Wildman–Crippen LogP) is 6.30. The number of benzene rings is 3. The lowest BCUT2D eigenvalue weighted by atomic mass is 9.99. The van der Waals surface area contributed by atoms with Gasteiger partial charge in [0.2, 0.25) is 0 Å². The maximum absolute atomic E-state index is 12.9. The molecule has 0 saturated heterocycles. The van der Waals surface area contributed by atoms with Crippen molar-refractivity contribution >= 4 is 18.0 Å². The summed E-state index contributed by atoms with van der Waals surface area (Å²) in [6.07, 6.45) is 3.56. The molecule has 0 aromatic heterocycles. The number of amides is 1. The van der Waals surface area contributed by atoms with E-state index in [2.05, 4.69) is 13.0 Å². The second-order valence-corrected chi connectivity index (χ2v) is 8.68. The van der Waals surface area contributed by atoms with E-state index in [0.29, 0.717) is 30.2 Å². The molecule has 6 heteroatoms. The highest BCUT2D eigenvalue weighted by Gasteiger charge is 2.14. The van der Waals surface area contributed by atoms with Crippen LogP contribution < -0.4 is 9.47 Å². The van der Waals surface area contributed by atoms with Crippen molar-refractivity contribution in [3.05, 3.63) is 89.0 Å². The SMILES string of the molecule is CCCCOc1cc(/C=C(\C)C(=O)O)ccc1-c1cccc(CN(C)C(=O)c2cccc(OC)c2)c1. The van der Waals surface area contributed by atoms with Crippen LogP contribution in [0.25, 0.3) is 17.2 Å². The second-order valence-electron chi connectivity index (χ2n) is 8.68. The summed E-state index contributed by atoms with van der Waals surface area (Å²) in [5, 5.41) is 9.23. The molecule has 0 aliphatic rings. The van der Waals surface area contributed by atoms with Gasteiger partial charge in [-0.05, 0) is 66.4 Å². The first-order valence-electron chi connectivity index (χ1n) is 12.0. The van der Waals surface area contributed by atoms with Gasteiger partial charge < -0.3 is 19.5 Å². The van der Waals surface area contributed by atoms with Crippen molar-refractivity contribution in [1.29, 1.82) is 0 Å². The van der Waals surface area contributed by atoms with Gasteiger partial charge in [0.15, 0.2) is 0 Å². The zero-order valence-corrected chi connectivity index (χ0v) is 21.3. The molecule has 0 atom stereocenters. The molecule has 0 heterocycles. The first kappa shape index (κ1) is 26.5. The number of nitrogens with zero attached hydrogens (tertiary/aromatic N) is 1. The van der Waals surface area contributed by atoms with Crippen molar-refractivity contribution in [1.82, 2.24) is 4.90 Å². The number of hydrogen-bond donors (Lipinski definition) is 1. The molecule has 0 spiro atoms. The Balaban J connectivity index is 1.87. The van der Waals surface area contributed by atoms with E-state index in [4.69, 9.17) is 9.47 Å². The molecule has 3 rings (SSSR count). The monoisotopic (exact) mass is 487 g/mol. The van der Waals surface area contributed by atoms with Gasteiger partial charge in [0.05, 0.1) is 13.7 Å². The van der Waals surface area contributed by atoms with E-state index in [0.717, 1.165) is 35.1 Å². The average molecular weight is 488 g/mol. The number of carboxylic acids is 1. The molecule has 3 aromatic carbocycles. The highest BCUT2D eigenvalue weighted by atomic mass is 16.5. The molecule has 0 fully saturated rings. The predicted molar refractivity (Wildman–Crippen MR) is 142 cm³/mol. The van der Waals surface area contributed by atoms with Crippen LogP contribution in [0.1, 0.15) is 48.2 Å². The number of unbranched alkanes of at least 4 members (excludes halogenated alkanes) is 1. The van der Waals surface area contributed by atoms with Gasteiger partial charge in [0.25, 0.3) is 5.91 Å². The largest absolute Gasteiger partial charge is 0.497 e. The molecule has 188 valence electrons. The van der Waals surface area contributed by atoms with Crippen molar-refractivity contribution in [3.8, 4) is 22.6 Å². The zero-order chi connectivity index (χ0) is 26.1. The number of rotatable bonds is 11. The smallest absolute Gasteiger partial charge is 0.331 e. The minimum absolute atomic E-state index is 0.0900. The summed E-state index contributed by atoms with van der Waals surface area (Å²) in [6, 6.07) is 20.9. The van der Waals surface area contributed by atoms with Crippen LogP contribution in [0.4, 0.5) is 0 Å². The molecule has 3 aromatic rings. The number of carbonyl (C=O) groups excluding carboxylic acids is 1. The molecule has 0 saturated carbocycles. The Kier molecular flexibility index (Phi) is 9.28. The van der Waals surface area contributed by atoms with E-state index in [-0.39, 0.29) is 11.5 Å². The van der Waals surface area contributed by atoms with Gasteiger partial charge in [-0.1, -0.05) is 49.7 Å². The van der Waals surface area contributed by atoms with Crippen LogP contribution in [0.2, 0.25) is 0 Å². The molecule has 0 unspecified atom stereocenters. The van der Waals surface area contributed by atoms with Gasteiger partial charge in [0.1, 0.15) is 11.5 Å². The normalized spacial score (nSPS) is 11.2. The maximum Gasteiger partial charge on any atom is 0.331 e. The summed E-state index contributed by atoms with van der Waals surface area (Å²) >= 11 is 0. The van der Waals surface area contributed by atoms with Crippen LogP contribution in [0.3, 0.4) is 0 Å². The Bertz CT molecular complexity index is 1250. The van der Waals surface area contributed by atoms with Crippen LogP contribution in [0.15, 0.2) is 72.3 Å². The highest BCUT2D eigenvalue weighted by molar-refractivity contribution is 5.94. The summed E-state index contributed by atoms with van der Waals surface area (Å²) in [5.41, 5.74) is 4.46. The van der Waals surface area contributed by atoms with E-state index in [1.165, 1.54) is 0 Å². The van der Waals surface area contributed by atoms with Crippen molar-refractivity contribution < 1.29 is 24.2 Å². The van der Waals surface area contributed by atoms with Crippen LogP contribution in [0.5, 0.6) is 11.5 Å². The molecule has 0 radical (unpaired) electrons. The first-order valence-corrected chi connectivity index (χ1v) is 12.0. The molecule has 1 amide bonds. The van der Waals surface area contributed by atoms with Crippen molar-refractivity contribution in [2.75, 3.05) is 20.8 Å². The molecule has 6 nitrogen and oxygen atoms in total. The zero-order valence-electron chi connectivity index (χ0n) is 21.3. The summed E-state index contributed by atoms with van der Waals surface area (Å²) < 4.78 is 11.3. The topological polar surface area (TPSA) is 76.1 Å². The van der Waals surface area contributed by atoms with Gasteiger partial charge in [-0.2, -0.15) is 0 Å². The van der Waals surface area contributed by atoms with Gasteiger partial charge >= 0.3 is 5.97 Å². The number of hydrogen-bond acceptors (Lipinski definition) is 4. The van der Waals surface area contributed by atoms with Crippen LogP contribution in [0, 0.1) is 0 Å². The van der Waals surface area contributed by atoms with Gasteiger partial charge in [-0.25, -0.2) is 4.79 Å². The highest BCUT2D eigenvalue weighted by Crippen LogP contribution is 2.33.